The Morgan fingerprint density at radius 2 is 2.22 bits per heavy atom. The Kier molecular flexibility index (Phi) is 3.85. The van der Waals surface area contributed by atoms with Crippen LogP contribution in [-0.4, -0.2) is 28.0 Å². The van der Waals surface area contributed by atoms with E-state index < -0.39 is 0 Å². The van der Waals surface area contributed by atoms with Gasteiger partial charge >= 0.3 is 0 Å². The van der Waals surface area contributed by atoms with E-state index in [0.29, 0.717) is 12.4 Å². The van der Waals surface area contributed by atoms with Gasteiger partial charge in [-0.15, -0.1) is 11.8 Å². The van der Waals surface area contributed by atoms with Crippen molar-refractivity contribution in [2.24, 2.45) is 4.99 Å². The lowest BCUT2D eigenvalue weighted by Crippen LogP contribution is -2.15. The quantitative estimate of drug-likeness (QED) is 0.906. The third-order valence-corrected chi connectivity index (χ3v) is 4.09. The molecule has 1 N–H and O–H groups in total. The summed E-state index contributed by atoms with van der Waals surface area (Å²) in [5, 5.41) is 11.1. The summed E-state index contributed by atoms with van der Waals surface area (Å²) in [5.41, 5.74) is 0.728. The molecule has 0 saturated heterocycles. The van der Waals surface area contributed by atoms with E-state index in [2.05, 4.69) is 18.8 Å². The lowest BCUT2D eigenvalue weighted by Gasteiger charge is -2.11. The molecule has 0 spiro atoms. The summed E-state index contributed by atoms with van der Waals surface area (Å²) in [4.78, 5) is 4.64. The molecule has 0 fully saturated rings. The first-order valence-electron chi connectivity index (χ1n) is 6.21. The number of benzene rings is 1. The molecule has 0 aliphatic carbocycles. The molecule has 1 aromatic carbocycles. The SMILES string of the molecule is CCCOc1cccc(C2=NC(C)(C)CS2)c1O. The van der Waals surface area contributed by atoms with Gasteiger partial charge in [-0.2, -0.15) is 0 Å². The lowest BCUT2D eigenvalue weighted by molar-refractivity contribution is 0.299. The van der Waals surface area contributed by atoms with E-state index in [4.69, 9.17) is 4.74 Å². The van der Waals surface area contributed by atoms with Crippen LogP contribution in [0.5, 0.6) is 11.5 Å². The number of aromatic hydroxyl groups is 1. The Balaban J connectivity index is 2.29. The average Bonchev–Trinajstić information content (AvgIpc) is 2.68. The lowest BCUT2D eigenvalue weighted by atomic mass is 10.1. The smallest absolute Gasteiger partial charge is 0.167 e. The molecule has 0 radical (unpaired) electrons. The molecule has 3 nitrogen and oxygen atoms in total. The van der Waals surface area contributed by atoms with Crippen molar-refractivity contribution in [3.8, 4) is 11.5 Å². The van der Waals surface area contributed by atoms with Crippen LogP contribution < -0.4 is 4.74 Å². The standard InChI is InChI=1S/C14H19NO2S/c1-4-8-17-11-7-5-6-10(12(11)16)13-15-14(2,3)9-18-13/h5-7,16H,4,8-9H2,1-3H3. The van der Waals surface area contributed by atoms with Gasteiger partial charge in [0.05, 0.1) is 17.7 Å². The molecule has 4 heteroatoms. The maximum Gasteiger partial charge on any atom is 0.167 e. The molecular weight excluding hydrogens is 246 g/mol. The van der Waals surface area contributed by atoms with Crippen molar-refractivity contribution in [3.05, 3.63) is 23.8 Å². The monoisotopic (exact) mass is 265 g/mol. The largest absolute Gasteiger partial charge is 0.504 e. The van der Waals surface area contributed by atoms with Gasteiger partial charge in [0.15, 0.2) is 11.5 Å². The molecule has 0 aromatic heterocycles. The van der Waals surface area contributed by atoms with Gasteiger partial charge in [-0.3, -0.25) is 4.99 Å². The van der Waals surface area contributed by atoms with Crippen LogP contribution in [0.3, 0.4) is 0 Å². The van der Waals surface area contributed by atoms with Crippen LogP contribution in [0.4, 0.5) is 0 Å². The predicted molar refractivity (Wildman–Crippen MR) is 77.0 cm³/mol. The van der Waals surface area contributed by atoms with Crippen molar-refractivity contribution in [1.82, 2.24) is 0 Å². The van der Waals surface area contributed by atoms with E-state index in [1.54, 1.807) is 17.8 Å². The van der Waals surface area contributed by atoms with Crippen molar-refractivity contribution in [2.75, 3.05) is 12.4 Å². The molecule has 1 aliphatic heterocycles. The number of phenolic OH excluding ortho intramolecular Hbond substituents is 1. The number of phenols is 1. The van der Waals surface area contributed by atoms with Crippen LogP contribution >= 0.6 is 11.8 Å². The van der Waals surface area contributed by atoms with E-state index >= 15 is 0 Å². The molecule has 0 bridgehead atoms. The number of hydrogen-bond acceptors (Lipinski definition) is 4. The number of thioether (sulfide) groups is 1. The second-order valence-corrected chi connectivity index (χ2v) is 5.98. The fourth-order valence-electron chi connectivity index (χ4n) is 1.75. The first-order valence-corrected chi connectivity index (χ1v) is 7.20. The van der Waals surface area contributed by atoms with E-state index in [1.807, 2.05) is 19.1 Å². The number of ether oxygens (including phenoxy) is 1. The van der Waals surface area contributed by atoms with Gasteiger partial charge in [0.2, 0.25) is 0 Å². The fourth-order valence-corrected chi connectivity index (χ4v) is 2.93. The number of para-hydroxylation sites is 1. The second kappa shape index (κ2) is 5.22. The van der Waals surface area contributed by atoms with Gasteiger partial charge in [-0.25, -0.2) is 0 Å². The van der Waals surface area contributed by atoms with Crippen LogP contribution in [-0.2, 0) is 0 Å². The van der Waals surface area contributed by atoms with E-state index in [1.165, 1.54) is 0 Å². The molecule has 0 amide bonds. The summed E-state index contributed by atoms with van der Waals surface area (Å²) in [7, 11) is 0. The van der Waals surface area contributed by atoms with Gasteiger partial charge in [0.25, 0.3) is 0 Å². The molecule has 2 rings (SSSR count). The third kappa shape index (κ3) is 2.80. The zero-order chi connectivity index (χ0) is 13.2. The summed E-state index contributed by atoms with van der Waals surface area (Å²) >= 11 is 1.68. The molecule has 18 heavy (non-hydrogen) atoms. The highest BCUT2D eigenvalue weighted by Crippen LogP contribution is 2.37. The Hall–Kier alpha value is -1.16. The molecule has 1 aliphatic rings. The van der Waals surface area contributed by atoms with Gasteiger partial charge < -0.3 is 9.84 Å². The molecular formula is C14H19NO2S. The van der Waals surface area contributed by atoms with Crippen molar-refractivity contribution in [2.45, 2.75) is 32.7 Å². The van der Waals surface area contributed by atoms with E-state index in [-0.39, 0.29) is 11.3 Å². The minimum Gasteiger partial charge on any atom is -0.504 e. The zero-order valence-electron chi connectivity index (χ0n) is 11.1. The Morgan fingerprint density at radius 3 is 2.83 bits per heavy atom. The third-order valence-electron chi connectivity index (χ3n) is 2.66. The summed E-state index contributed by atoms with van der Waals surface area (Å²) < 4.78 is 5.52. The van der Waals surface area contributed by atoms with E-state index in [9.17, 15) is 5.11 Å². The number of hydrogen-bond donors (Lipinski definition) is 1. The summed E-state index contributed by atoms with van der Waals surface area (Å²) in [6, 6.07) is 5.58. The highest BCUT2D eigenvalue weighted by atomic mass is 32.2. The molecule has 98 valence electrons. The van der Waals surface area contributed by atoms with Crippen LogP contribution in [0.2, 0.25) is 0 Å². The Bertz CT molecular complexity index is 469. The highest BCUT2D eigenvalue weighted by molar-refractivity contribution is 8.14. The topological polar surface area (TPSA) is 41.8 Å². The number of nitrogens with zero attached hydrogens (tertiary/aromatic N) is 1. The Morgan fingerprint density at radius 1 is 1.44 bits per heavy atom. The minimum absolute atomic E-state index is 0.0489. The molecule has 0 saturated carbocycles. The number of rotatable bonds is 4. The van der Waals surface area contributed by atoms with Crippen molar-refractivity contribution < 1.29 is 9.84 Å². The normalized spacial score (nSPS) is 17.6. The first-order chi connectivity index (χ1) is 8.53. The molecule has 1 heterocycles. The molecule has 1 aromatic rings. The predicted octanol–water partition coefficient (Wildman–Crippen LogP) is 3.45. The maximum atomic E-state index is 10.2. The van der Waals surface area contributed by atoms with Crippen molar-refractivity contribution in [1.29, 1.82) is 0 Å². The highest BCUT2D eigenvalue weighted by Gasteiger charge is 2.27. The average molecular weight is 265 g/mol. The molecule has 0 unspecified atom stereocenters. The van der Waals surface area contributed by atoms with Gasteiger partial charge in [0, 0.05) is 5.75 Å². The first kappa shape index (κ1) is 13.3. The van der Waals surface area contributed by atoms with Gasteiger partial charge in [-0.05, 0) is 32.4 Å². The van der Waals surface area contributed by atoms with E-state index in [0.717, 1.165) is 22.8 Å². The fraction of sp³-hybridized carbons (Fsp3) is 0.500. The van der Waals surface area contributed by atoms with Crippen molar-refractivity contribution in [3.63, 3.8) is 0 Å². The summed E-state index contributed by atoms with van der Waals surface area (Å²) in [6.45, 7) is 6.85. The van der Waals surface area contributed by atoms with Crippen LogP contribution in [0.25, 0.3) is 0 Å². The van der Waals surface area contributed by atoms with Crippen LogP contribution in [0.15, 0.2) is 23.2 Å². The van der Waals surface area contributed by atoms with Crippen molar-refractivity contribution >= 4 is 16.8 Å². The van der Waals surface area contributed by atoms with Crippen LogP contribution in [0.1, 0.15) is 32.8 Å². The minimum atomic E-state index is -0.0489. The Labute approximate surface area is 112 Å². The summed E-state index contributed by atoms with van der Waals surface area (Å²) in [6.07, 6.45) is 0.923. The van der Waals surface area contributed by atoms with Gasteiger partial charge in [0.1, 0.15) is 5.04 Å². The number of aliphatic imine (C=N–C) groups is 1. The maximum absolute atomic E-state index is 10.2. The zero-order valence-corrected chi connectivity index (χ0v) is 11.9. The van der Waals surface area contributed by atoms with Crippen LogP contribution in [0, 0.1) is 0 Å². The van der Waals surface area contributed by atoms with Gasteiger partial charge in [-0.1, -0.05) is 13.0 Å². The molecule has 0 atom stereocenters. The second-order valence-electron chi connectivity index (χ2n) is 5.02. The summed E-state index contributed by atoms with van der Waals surface area (Å²) in [5.74, 6) is 1.69.